The quantitative estimate of drug-likeness (QED) is 0.917. The third-order valence-corrected chi connectivity index (χ3v) is 5.32. The molecular weight excluding hydrogens is 256 g/mol. The van der Waals surface area contributed by atoms with Crippen LogP contribution in [-0.2, 0) is 11.2 Å². The number of nitrogens with zero attached hydrogens (tertiary/aromatic N) is 1. The van der Waals surface area contributed by atoms with Crippen molar-refractivity contribution in [2.45, 2.75) is 50.6 Å². The number of hydrogen-bond donors (Lipinski definition) is 1. The van der Waals surface area contributed by atoms with Crippen molar-refractivity contribution in [2.24, 2.45) is 0 Å². The van der Waals surface area contributed by atoms with Crippen molar-refractivity contribution in [1.82, 2.24) is 10.2 Å². The smallest absolute Gasteiger partial charge is 0.220 e. The Labute approximate surface area is 119 Å². The molecule has 0 bridgehead atoms. The molecule has 0 saturated carbocycles. The fourth-order valence-electron chi connectivity index (χ4n) is 3.39. The number of carbonyl (C=O) groups excluding carboxylic acids is 1. The Hall–Kier alpha value is -0.870. The van der Waals surface area contributed by atoms with E-state index in [-0.39, 0.29) is 5.91 Å². The summed E-state index contributed by atoms with van der Waals surface area (Å²) in [6, 6.07) is 5.17. The van der Waals surface area contributed by atoms with Crippen LogP contribution < -0.4 is 5.32 Å². The van der Waals surface area contributed by atoms with Crippen LogP contribution in [0.4, 0.5) is 0 Å². The zero-order chi connectivity index (χ0) is 13.1. The second-order valence-electron chi connectivity index (χ2n) is 5.64. The van der Waals surface area contributed by atoms with Gasteiger partial charge in [0, 0.05) is 29.9 Å². The van der Waals surface area contributed by atoms with Crippen LogP contribution in [0, 0.1) is 0 Å². The Balaban J connectivity index is 1.47. The molecule has 0 unspecified atom stereocenters. The van der Waals surface area contributed by atoms with Gasteiger partial charge < -0.3 is 5.32 Å². The summed E-state index contributed by atoms with van der Waals surface area (Å²) < 4.78 is 0. The topological polar surface area (TPSA) is 32.3 Å². The van der Waals surface area contributed by atoms with Crippen LogP contribution in [0.2, 0.25) is 0 Å². The second kappa shape index (κ2) is 6.06. The molecule has 1 aromatic rings. The number of nitrogens with one attached hydrogen (secondary N) is 1. The minimum Gasteiger partial charge on any atom is -0.352 e. The molecule has 2 aliphatic heterocycles. The second-order valence-corrected chi connectivity index (χ2v) is 6.67. The van der Waals surface area contributed by atoms with Crippen molar-refractivity contribution < 1.29 is 4.79 Å². The highest BCUT2D eigenvalue weighted by atomic mass is 32.1. The Morgan fingerprint density at radius 3 is 3.16 bits per heavy atom. The summed E-state index contributed by atoms with van der Waals surface area (Å²) in [6.07, 6.45) is 6.55. The van der Waals surface area contributed by atoms with Crippen molar-refractivity contribution in [3.05, 3.63) is 22.4 Å². The minimum atomic E-state index is 0.228. The lowest BCUT2D eigenvalue weighted by Crippen LogP contribution is -2.46. The normalized spacial score (nSPS) is 27.2. The minimum absolute atomic E-state index is 0.228. The highest BCUT2D eigenvalue weighted by Crippen LogP contribution is 2.27. The summed E-state index contributed by atoms with van der Waals surface area (Å²) in [5, 5.41) is 5.34. The Kier molecular flexibility index (Phi) is 4.18. The van der Waals surface area contributed by atoms with Gasteiger partial charge in [-0.05, 0) is 43.7 Å². The van der Waals surface area contributed by atoms with E-state index in [2.05, 4.69) is 27.7 Å². The van der Waals surface area contributed by atoms with Crippen molar-refractivity contribution in [3.8, 4) is 0 Å². The van der Waals surface area contributed by atoms with E-state index in [1.54, 1.807) is 11.3 Å². The zero-order valence-electron chi connectivity index (χ0n) is 11.3. The van der Waals surface area contributed by atoms with Crippen LogP contribution in [0.1, 0.15) is 37.0 Å². The molecule has 19 heavy (non-hydrogen) atoms. The van der Waals surface area contributed by atoms with Crippen molar-refractivity contribution >= 4 is 17.2 Å². The SMILES string of the molecule is O=C(CCc1cccs1)N[C@H]1CCN2CCCC[C@@H]12. The molecule has 1 amide bonds. The van der Waals surface area contributed by atoms with Gasteiger partial charge in [0.05, 0.1) is 0 Å². The molecule has 2 aliphatic rings. The summed E-state index contributed by atoms with van der Waals surface area (Å²) in [7, 11) is 0. The maximum atomic E-state index is 12.0. The third-order valence-electron chi connectivity index (χ3n) is 4.38. The van der Waals surface area contributed by atoms with Crippen molar-refractivity contribution in [3.63, 3.8) is 0 Å². The summed E-state index contributed by atoms with van der Waals surface area (Å²) in [5.41, 5.74) is 0. The Morgan fingerprint density at radius 1 is 1.37 bits per heavy atom. The molecule has 2 fully saturated rings. The summed E-state index contributed by atoms with van der Waals surface area (Å²) in [6.45, 7) is 2.40. The molecule has 0 radical (unpaired) electrons. The third kappa shape index (κ3) is 3.18. The predicted octanol–water partition coefficient (Wildman–Crippen LogP) is 2.42. The van der Waals surface area contributed by atoms with Gasteiger partial charge >= 0.3 is 0 Å². The first-order valence-corrected chi connectivity index (χ1v) is 8.27. The van der Waals surface area contributed by atoms with Gasteiger partial charge in [-0.3, -0.25) is 9.69 Å². The Morgan fingerprint density at radius 2 is 2.32 bits per heavy atom. The van der Waals surface area contributed by atoms with E-state index in [4.69, 9.17) is 0 Å². The largest absolute Gasteiger partial charge is 0.352 e. The van der Waals surface area contributed by atoms with Gasteiger partial charge in [0.15, 0.2) is 0 Å². The van der Waals surface area contributed by atoms with E-state index in [0.29, 0.717) is 18.5 Å². The highest BCUT2D eigenvalue weighted by molar-refractivity contribution is 7.09. The van der Waals surface area contributed by atoms with Crippen LogP contribution >= 0.6 is 11.3 Å². The predicted molar refractivity (Wildman–Crippen MR) is 78.4 cm³/mol. The molecule has 1 aromatic heterocycles. The van der Waals surface area contributed by atoms with Gasteiger partial charge in [-0.25, -0.2) is 0 Å². The van der Waals surface area contributed by atoms with E-state index in [0.717, 1.165) is 12.8 Å². The van der Waals surface area contributed by atoms with Crippen LogP contribution in [0.25, 0.3) is 0 Å². The van der Waals surface area contributed by atoms with E-state index < -0.39 is 0 Å². The molecule has 0 aliphatic carbocycles. The van der Waals surface area contributed by atoms with Gasteiger partial charge in [-0.2, -0.15) is 0 Å². The molecule has 0 spiro atoms. The van der Waals surface area contributed by atoms with E-state index in [1.807, 2.05) is 0 Å². The Bertz CT molecular complexity index is 418. The summed E-state index contributed by atoms with van der Waals surface area (Å²) in [4.78, 5) is 15.9. The first kappa shape index (κ1) is 13.1. The zero-order valence-corrected chi connectivity index (χ0v) is 12.1. The number of piperidine rings is 1. The van der Waals surface area contributed by atoms with Crippen LogP contribution in [0.3, 0.4) is 0 Å². The lowest BCUT2D eigenvalue weighted by atomic mass is 9.99. The van der Waals surface area contributed by atoms with E-state index in [1.165, 1.54) is 37.2 Å². The first-order chi connectivity index (χ1) is 9.33. The molecule has 3 heterocycles. The molecule has 1 N–H and O–H groups in total. The van der Waals surface area contributed by atoms with Gasteiger partial charge in [0.1, 0.15) is 0 Å². The number of fused-ring (bicyclic) bond motifs is 1. The van der Waals surface area contributed by atoms with Gasteiger partial charge in [-0.1, -0.05) is 12.5 Å². The van der Waals surface area contributed by atoms with Crippen LogP contribution in [0.15, 0.2) is 17.5 Å². The molecule has 3 rings (SSSR count). The maximum absolute atomic E-state index is 12.0. The molecule has 104 valence electrons. The van der Waals surface area contributed by atoms with Crippen LogP contribution in [-0.4, -0.2) is 36.0 Å². The molecule has 4 heteroatoms. The van der Waals surface area contributed by atoms with Gasteiger partial charge in [0.2, 0.25) is 5.91 Å². The number of rotatable bonds is 4. The maximum Gasteiger partial charge on any atom is 0.220 e. The number of aryl methyl sites for hydroxylation is 1. The molecule has 3 nitrogen and oxygen atoms in total. The lowest BCUT2D eigenvalue weighted by Gasteiger charge is -2.32. The van der Waals surface area contributed by atoms with Crippen molar-refractivity contribution in [2.75, 3.05) is 13.1 Å². The number of amides is 1. The number of thiophene rings is 1. The van der Waals surface area contributed by atoms with Crippen molar-refractivity contribution in [1.29, 1.82) is 0 Å². The summed E-state index contributed by atoms with van der Waals surface area (Å²) >= 11 is 1.74. The highest BCUT2D eigenvalue weighted by Gasteiger charge is 2.35. The fraction of sp³-hybridized carbons (Fsp3) is 0.667. The monoisotopic (exact) mass is 278 g/mol. The molecule has 2 saturated heterocycles. The first-order valence-electron chi connectivity index (χ1n) is 7.39. The van der Waals surface area contributed by atoms with Gasteiger partial charge in [-0.15, -0.1) is 11.3 Å². The van der Waals surface area contributed by atoms with Gasteiger partial charge in [0.25, 0.3) is 0 Å². The molecular formula is C15H22N2OS. The molecule has 0 aromatic carbocycles. The molecule has 2 atom stereocenters. The number of hydrogen-bond acceptors (Lipinski definition) is 3. The average molecular weight is 278 g/mol. The fourth-order valence-corrected chi connectivity index (χ4v) is 4.10. The average Bonchev–Trinajstić information content (AvgIpc) is 3.07. The van der Waals surface area contributed by atoms with E-state index >= 15 is 0 Å². The number of carbonyl (C=O) groups is 1. The van der Waals surface area contributed by atoms with Crippen LogP contribution in [0.5, 0.6) is 0 Å². The standard InChI is InChI=1S/C15H22N2OS/c18-15(7-6-12-4-3-11-19-12)16-13-8-10-17-9-2-1-5-14(13)17/h3-4,11,13-14H,1-2,5-10H2,(H,16,18)/t13-,14-/m0/s1. The summed E-state index contributed by atoms with van der Waals surface area (Å²) in [5.74, 6) is 0.228. The van der Waals surface area contributed by atoms with E-state index in [9.17, 15) is 4.79 Å². The lowest BCUT2D eigenvalue weighted by molar-refractivity contribution is -0.122.